The number of nitrogen functional groups attached to an aromatic ring is 2. The minimum absolute atomic E-state index is 0.746. The first-order valence-corrected chi connectivity index (χ1v) is 8.49. The standard InChI is InChI=1S/C20H26N4/c1-3-5-19(23-17-11-7-15(21)8-12-17)20(6-4-2)24-18-13-9-16(22)10-14-18/h7-14H,3-6,21-22H2,1-2H3/b23-19+,24-20+. The molecule has 0 aliphatic carbocycles. The van der Waals surface area contributed by atoms with E-state index in [4.69, 9.17) is 21.5 Å². The lowest BCUT2D eigenvalue weighted by Gasteiger charge is -2.10. The molecule has 0 bridgehead atoms. The third-order valence-electron chi connectivity index (χ3n) is 3.62. The van der Waals surface area contributed by atoms with Gasteiger partial charge in [-0.1, -0.05) is 26.7 Å². The summed E-state index contributed by atoms with van der Waals surface area (Å²) in [6.07, 6.45) is 3.85. The summed E-state index contributed by atoms with van der Waals surface area (Å²) in [7, 11) is 0. The maximum atomic E-state index is 5.76. The molecule has 0 unspecified atom stereocenters. The molecule has 0 heterocycles. The predicted molar refractivity (Wildman–Crippen MR) is 106 cm³/mol. The second-order valence-electron chi connectivity index (χ2n) is 5.80. The Kier molecular flexibility index (Phi) is 6.55. The zero-order valence-corrected chi connectivity index (χ0v) is 14.5. The number of nitrogens with two attached hydrogens (primary N) is 2. The van der Waals surface area contributed by atoms with Crippen molar-refractivity contribution in [2.75, 3.05) is 11.5 Å². The highest BCUT2D eigenvalue weighted by molar-refractivity contribution is 6.43. The van der Waals surface area contributed by atoms with Crippen molar-refractivity contribution in [3.05, 3.63) is 48.5 Å². The second kappa shape index (κ2) is 8.87. The summed E-state index contributed by atoms with van der Waals surface area (Å²) in [6, 6.07) is 15.3. The first-order valence-electron chi connectivity index (χ1n) is 8.49. The van der Waals surface area contributed by atoms with Crippen LogP contribution >= 0.6 is 0 Å². The first-order chi connectivity index (χ1) is 11.6. The lowest BCUT2D eigenvalue weighted by Crippen LogP contribution is -2.13. The number of rotatable bonds is 7. The highest BCUT2D eigenvalue weighted by atomic mass is 14.8. The van der Waals surface area contributed by atoms with Crippen LogP contribution in [0.5, 0.6) is 0 Å². The van der Waals surface area contributed by atoms with Gasteiger partial charge in [0.2, 0.25) is 0 Å². The van der Waals surface area contributed by atoms with Gasteiger partial charge in [0.1, 0.15) is 0 Å². The van der Waals surface area contributed by atoms with Gasteiger partial charge in [0.25, 0.3) is 0 Å². The van der Waals surface area contributed by atoms with Crippen LogP contribution in [-0.4, -0.2) is 11.4 Å². The summed E-state index contributed by atoms with van der Waals surface area (Å²) < 4.78 is 0. The van der Waals surface area contributed by atoms with Gasteiger partial charge in [-0.25, -0.2) is 0 Å². The Hall–Kier alpha value is -2.62. The van der Waals surface area contributed by atoms with E-state index in [-0.39, 0.29) is 0 Å². The third kappa shape index (κ3) is 5.23. The van der Waals surface area contributed by atoms with Crippen LogP contribution in [0.25, 0.3) is 0 Å². The van der Waals surface area contributed by atoms with Crippen molar-refractivity contribution in [3.63, 3.8) is 0 Å². The number of hydrogen-bond donors (Lipinski definition) is 2. The molecule has 0 saturated heterocycles. The highest BCUT2D eigenvalue weighted by Crippen LogP contribution is 2.19. The maximum absolute atomic E-state index is 5.76. The normalized spacial score (nSPS) is 12.4. The SMILES string of the molecule is CCCC(=N\c1ccc(N)cc1)/C(CCC)=N/c1ccc(N)cc1. The van der Waals surface area contributed by atoms with E-state index in [2.05, 4.69) is 13.8 Å². The average molecular weight is 322 g/mol. The molecule has 0 radical (unpaired) electrons. The number of anilines is 2. The Morgan fingerprint density at radius 2 is 1.00 bits per heavy atom. The number of nitrogens with zero attached hydrogens (tertiary/aromatic N) is 2. The average Bonchev–Trinajstić information content (AvgIpc) is 2.58. The van der Waals surface area contributed by atoms with Gasteiger partial charge in [0, 0.05) is 11.4 Å². The fraction of sp³-hybridized carbons (Fsp3) is 0.300. The smallest absolute Gasteiger partial charge is 0.0635 e. The van der Waals surface area contributed by atoms with Crippen molar-refractivity contribution in [1.82, 2.24) is 0 Å². The van der Waals surface area contributed by atoms with Crippen LogP contribution in [0.2, 0.25) is 0 Å². The van der Waals surface area contributed by atoms with Crippen molar-refractivity contribution in [1.29, 1.82) is 0 Å². The molecule has 0 aliphatic rings. The Balaban J connectivity index is 2.39. The van der Waals surface area contributed by atoms with E-state index >= 15 is 0 Å². The molecular weight excluding hydrogens is 296 g/mol. The summed E-state index contributed by atoms with van der Waals surface area (Å²) in [4.78, 5) is 9.66. The van der Waals surface area contributed by atoms with Gasteiger partial charge in [-0.15, -0.1) is 0 Å². The van der Waals surface area contributed by atoms with E-state index in [1.807, 2.05) is 48.5 Å². The number of benzene rings is 2. The van der Waals surface area contributed by atoms with Crippen LogP contribution < -0.4 is 11.5 Å². The maximum Gasteiger partial charge on any atom is 0.0635 e. The molecule has 0 aliphatic heterocycles. The predicted octanol–water partition coefficient (Wildman–Crippen LogP) is 5.30. The molecule has 4 nitrogen and oxygen atoms in total. The van der Waals surface area contributed by atoms with E-state index in [0.29, 0.717) is 0 Å². The van der Waals surface area contributed by atoms with Crippen molar-refractivity contribution in [2.45, 2.75) is 39.5 Å². The van der Waals surface area contributed by atoms with Crippen molar-refractivity contribution >= 4 is 34.2 Å². The highest BCUT2D eigenvalue weighted by Gasteiger charge is 2.09. The molecule has 0 fully saturated rings. The van der Waals surface area contributed by atoms with Gasteiger partial charge < -0.3 is 11.5 Å². The monoisotopic (exact) mass is 322 g/mol. The first kappa shape index (κ1) is 17.7. The fourth-order valence-electron chi connectivity index (χ4n) is 2.41. The molecule has 0 amide bonds. The summed E-state index contributed by atoms with van der Waals surface area (Å²) in [5, 5.41) is 0. The summed E-state index contributed by atoms with van der Waals surface area (Å²) >= 11 is 0. The molecule has 0 aromatic heterocycles. The topological polar surface area (TPSA) is 76.8 Å². The van der Waals surface area contributed by atoms with Gasteiger partial charge in [0.15, 0.2) is 0 Å². The van der Waals surface area contributed by atoms with Crippen LogP contribution in [-0.2, 0) is 0 Å². The molecule has 0 atom stereocenters. The van der Waals surface area contributed by atoms with Crippen LogP contribution in [0.4, 0.5) is 22.7 Å². The summed E-state index contributed by atoms with van der Waals surface area (Å²) in [5.41, 5.74) is 16.9. The molecule has 0 spiro atoms. The Morgan fingerprint density at radius 3 is 1.29 bits per heavy atom. The van der Waals surface area contributed by atoms with Crippen molar-refractivity contribution in [3.8, 4) is 0 Å². The van der Waals surface area contributed by atoms with E-state index in [1.165, 1.54) is 0 Å². The van der Waals surface area contributed by atoms with Gasteiger partial charge in [-0.2, -0.15) is 0 Å². The minimum atomic E-state index is 0.746. The van der Waals surface area contributed by atoms with Gasteiger partial charge in [-0.05, 0) is 61.4 Å². The Bertz CT molecular complexity index is 634. The van der Waals surface area contributed by atoms with Crippen molar-refractivity contribution < 1.29 is 0 Å². The lowest BCUT2D eigenvalue weighted by atomic mass is 10.1. The zero-order chi connectivity index (χ0) is 17.4. The van der Waals surface area contributed by atoms with Gasteiger partial charge in [0.05, 0.1) is 22.8 Å². The number of aliphatic imine (C=N–C) groups is 2. The molecule has 0 saturated carbocycles. The molecule has 2 aromatic rings. The van der Waals surface area contributed by atoms with Crippen LogP contribution in [0, 0.1) is 0 Å². The van der Waals surface area contributed by atoms with Crippen LogP contribution in [0.15, 0.2) is 58.5 Å². The largest absolute Gasteiger partial charge is 0.399 e. The third-order valence-corrected chi connectivity index (χ3v) is 3.62. The lowest BCUT2D eigenvalue weighted by molar-refractivity contribution is 0.973. The van der Waals surface area contributed by atoms with Gasteiger partial charge >= 0.3 is 0 Å². The van der Waals surface area contributed by atoms with Crippen LogP contribution in [0.1, 0.15) is 39.5 Å². The molecule has 2 rings (SSSR count). The van der Waals surface area contributed by atoms with E-state index in [9.17, 15) is 0 Å². The Morgan fingerprint density at radius 1 is 0.667 bits per heavy atom. The van der Waals surface area contributed by atoms with Crippen LogP contribution in [0.3, 0.4) is 0 Å². The zero-order valence-electron chi connectivity index (χ0n) is 14.5. The minimum Gasteiger partial charge on any atom is -0.399 e. The summed E-state index contributed by atoms with van der Waals surface area (Å²) in [6.45, 7) is 4.32. The Labute approximate surface area is 144 Å². The molecule has 4 N–H and O–H groups in total. The fourth-order valence-corrected chi connectivity index (χ4v) is 2.41. The quantitative estimate of drug-likeness (QED) is 0.536. The van der Waals surface area contributed by atoms with Gasteiger partial charge in [-0.3, -0.25) is 9.98 Å². The molecular formula is C20H26N4. The van der Waals surface area contributed by atoms with E-state index in [1.54, 1.807) is 0 Å². The molecule has 4 heteroatoms. The molecule has 126 valence electrons. The molecule has 24 heavy (non-hydrogen) atoms. The number of hydrogen-bond acceptors (Lipinski definition) is 4. The molecule has 2 aromatic carbocycles. The second-order valence-corrected chi connectivity index (χ2v) is 5.80. The van der Waals surface area contributed by atoms with E-state index < -0.39 is 0 Å². The summed E-state index contributed by atoms with van der Waals surface area (Å²) in [5.74, 6) is 0. The van der Waals surface area contributed by atoms with Crippen molar-refractivity contribution in [2.24, 2.45) is 9.98 Å². The van der Waals surface area contributed by atoms with E-state index in [0.717, 1.165) is 59.9 Å².